The average Bonchev–Trinajstić information content (AvgIpc) is 3.28. The Morgan fingerprint density at radius 1 is 1.07 bits per heavy atom. The van der Waals surface area contributed by atoms with Crippen molar-refractivity contribution in [3.63, 3.8) is 0 Å². The first-order valence-electron chi connectivity index (χ1n) is 14.4. The highest BCUT2D eigenvalue weighted by Gasteiger charge is 2.55. The zero-order valence-electron chi connectivity index (χ0n) is 23.1. The summed E-state index contributed by atoms with van der Waals surface area (Å²) in [6.07, 6.45) is 5.77. The summed E-state index contributed by atoms with van der Waals surface area (Å²) in [6.45, 7) is 6.48. The van der Waals surface area contributed by atoms with Gasteiger partial charge >= 0.3 is 0 Å². The van der Waals surface area contributed by atoms with Crippen LogP contribution >= 0.6 is 11.6 Å². The smallest absolute Gasteiger partial charge is 0.251 e. The molecule has 4 heterocycles. The first kappa shape index (κ1) is 25.5. The van der Waals surface area contributed by atoms with E-state index in [1.165, 1.54) is 23.0 Å². The molecule has 7 nitrogen and oxygen atoms in total. The number of allylic oxidation sites excluding steroid dienone is 2. The van der Waals surface area contributed by atoms with Gasteiger partial charge in [-0.2, -0.15) is 9.07 Å². The lowest BCUT2D eigenvalue weighted by molar-refractivity contribution is 0.555. The fourth-order valence-corrected chi connectivity index (χ4v) is 7.50. The molecule has 2 aromatic heterocycles. The minimum Gasteiger partial charge on any atom is -0.303 e. The van der Waals surface area contributed by atoms with E-state index in [0.717, 1.165) is 59.5 Å². The van der Waals surface area contributed by atoms with E-state index in [-0.39, 0.29) is 23.4 Å². The van der Waals surface area contributed by atoms with Crippen LogP contribution in [0, 0.1) is 11.8 Å². The Balaban J connectivity index is 1.11. The summed E-state index contributed by atoms with van der Waals surface area (Å²) in [7, 11) is 0. The maximum absolute atomic E-state index is 15.5. The second kappa shape index (κ2) is 9.42. The molecule has 0 bridgehead atoms. The normalized spacial score (nSPS) is 24.0. The summed E-state index contributed by atoms with van der Waals surface area (Å²) >= 11 is 6.37. The molecule has 0 spiro atoms. The number of rotatable bonds is 5. The first-order valence-corrected chi connectivity index (χ1v) is 14.8. The van der Waals surface area contributed by atoms with E-state index in [9.17, 15) is 4.79 Å². The van der Waals surface area contributed by atoms with Crippen LogP contribution in [-0.2, 0) is 12.8 Å². The zero-order chi connectivity index (χ0) is 28.7. The van der Waals surface area contributed by atoms with E-state index in [0.29, 0.717) is 22.9 Å². The van der Waals surface area contributed by atoms with E-state index in [2.05, 4.69) is 52.2 Å². The van der Waals surface area contributed by atoms with E-state index >= 15 is 4.39 Å². The summed E-state index contributed by atoms with van der Waals surface area (Å²) in [6, 6.07) is 15.2. The summed E-state index contributed by atoms with van der Waals surface area (Å²) in [5.41, 5.74) is 9.17. The number of aromatic nitrogens is 5. The molecule has 42 heavy (non-hydrogen) atoms. The van der Waals surface area contributed by atoms with Crippen molar-refractivity contribution in [3.8, 4) is 16.8 Å². The number of hydrogen-bond acceptors (Lipinski definition) is 5. The van der Waals surface area contributed by atoms with E-state index in [1.807, 2.05) is 22.8 Å². The third kappa shape index (κ3) is 3.96. The maximum Gasteiger partial charge on any atom is 0.251 e. The number of halogens is 2. The molecule has 4 aromatic rings. The lowest BCUT2D eigenvalue weighted by atomic mass is 9.78. The molecule has 0 saturated heterocycles. The van der Waals surface area contributed by atoms with Gasteiger partial charge in [0, 0.05) is 46.0 Å². The molecule has 210 valence electrons. The molecular weight excluding hydrogens is 551 g/mol. The van der Waals surface area contributed by atoms with Crippen LogP contribution in [0.2, 0.25) is 5.02 Å². The van der Waals surface area contributed by atoms with Crippen molar-refractivity contribution in [3.05, 3.63) is 111 Å². The minimum absolute atomic E-state index is 0.126. The van der Waals surface area contributed by atoms with E-state index < -0.39 is 5.95 Å². The lowest BCUT2D eigenvalue weighted by Gasteiger charge is -2.26. The molecule has 2 aromatic carbocycles. The SMILES string of the molecule is C=C1Cc2ccc(C3=C(F)N=C(C4C5CC5c5cc(-c6cc(Cl)ccc6-n6cnnn6)cc(=O)n54)C3)cc2CC1CC. The van der Waals surface area contributed by atoms with Crippen LogP contribution in [0.15, 0.2) is 82.7 Å². The Bertz CT molecular complexity index is 1920. The third-order valence-electron chi connectivity index (χ3n) is 9.57. The van der Waals surface area contributed by atoms with Crippen molar-refractivity contribution in [1.29, 1.82) is 0 Å². The average molecular weight is 579 g/mol. The van der Waals surface area contributed by atoms with Crippen molar-refractivity contribution in [2.75, 3.05) is 0 Å². The van der Waals surface area contributed by atoms with Crippen molar-refractivity contribution in [2.24, 2.45) is 16.8 Å². The Labute approximate surface area is 247 Å². The van der Waals surface area contributed by atoms with Gasteiger partial charge in [-0.15, -0.1) is 5.10 Å². The second-order valence-corrected chi connectivity index (χ2v) is 12.4. The van der Waals surface area contributed by atoms with Crippen molar-refractivity contribution in [2.45, 2.75) is 51.0 Å². The topological polar surface area (TPSA) is 78.0 Å². The highest BCUT2D eigenvalue weighted by atomic mass is 35.5. The van der Waals surface area contributed by atoms with Gasteiger partial charge in [-0.25, -0.2) is 4.99 Å². The van der Waals surface area contributed by atoms with Crippen LogP contribution in [0.25, 0.3) is 22.4 Å². The molecule has 4 aliphatic rings. The number of hydrogen-bond donors (Lipinski definition) is 0. The molecular formula is C33H28ClFN6O. The largest absolute Gasteiger partial charge is 0.303 e. The monoisotopic (exact) mass is 578 g/mol. The number of fused-ring (bicyclic) bond motifs is 4. The molecule has 1 saturated carbocycles. The highest BCUT2D eigenvalue weighted by Crippen LogP contribution is 2.60. The summed E-state index contributed by atoms with van der Waals surface area (Å²) in [5.74, 6) is 0.530. The van der Waals surface area contributed by atoms with Crippen molar-refractivity contribution < 1.29 is 4.39 Å². The van der Waals surface area contributed by atoms with Gasteiger partial charge in [0.2, 0.25) is 5.95 Å². The van der Waals surface area contributed by atoms with Gasteiger partial charge < -0.3 is 4.57 Å². The lowest BCUT2D eigenvalue weighted by Crippen LogP contribution is -2.29. The molecule has 0 radical (unpaired) electrons. The number of pyridine rings is 1. The van der Waals surface area contributed by atoms with Gasteiger partial charge in [0.1, 0.15) is 6.33 Å². The highest BCUT2D eigenvalue weighted by molar-refractivity contribution is 6.31. The Morgan fingerprint density at radius 2 is 1.95 bits per heavy atom. The molecule has 9 heteroatoms. The molecule has 2 aliphatic carbocycles. The molecule has 0 amide bonds. The predicted molar refractivity (Wildman–Crippen MR) is 161 cm³/mol. The molecule has 4 unspecified atom stereocenters. The van der Waals surface area contributed by atoms with Crippen LogP contribution in [0.4, 0.5) is 4.39 Å². The fraction of sp³-hybridized carbons (Fsp3) is 0.303. The van der Waals surface area contributed by atoms with Crippen LogP contribution in [0.1, 0.15) is 60.5 Å². The number of tetrazole rings is 1. The minimum atomic E-state index is -0.433. The summed E-state index contributed by atoms with van der Waals surface area (Å²) in [5, 5.41) is 12.1. The predicted octanol–water partition coefficient (Wildman–Crippen LogP) is 6.67. The van der Waals surface area contributed by atoms with Crippen molar-refractivity contribution >= 4 is 22.9 Å². The first-order chi connectivity index (χ1) is 20.4. The summed E-state index contributed by atoms with van der Waals surface area (Å²) in [4.78, 5) is 18.2. The third-order valence-corrected chi connectivity index (χ3v) is 9.80. The number of aliphatic imine (C=N–C) groups is 1. The fourth-order valence-electron chi connectivity index (χ4n) is 7.33. The van der Waals surface area contributed by atoms with Gasteiger partial charge in [0.15, 0.2) is 0 Å². The molecule has 4 atom stereocenters. The Hall–Kier alpha value is -4.17. The molecule has 0 N–H and O–H groups in total. The number of nitrogens with zero attached hydrogens (tertiary/aromatic N) is 6. The van der Waals surface area contributed by atoms with Gasteiger partial charge in [0.25, 0.3) is 5.56 Å². The molecule has 2 aliphatic heterocycles. The summed E-state index contributed by atoms with van der Waals surface area (Å²) < 4.78 is 18.9. The Morgan fingerprint density at radius 3 is 2.76 bits per heavy atom. The standard InChI is InChI=1S/C33H28ClFN6O/c1-3-18-9-21-10-20(5-4-19(21)8-17(18)2)25-15-28(37-33(25)35)32-27-14-26(27)30-11-22(12-31(42)41(30)32)24-13-23(34)6-7-29(24)40-16-36-38-39-40/h4-7,10-13,16,18,26-27,32H,2-3,8-9,14-15H2,1H3. The van der Waals surface area contributed by atoms with Crippen LogP contribution in [0.3, 0.4) is 0 Å². The zero-order valence-corrected chi connectivity index (χ0v) is 23.9. The van der Waals surface area contributed by atoms with Gasteiger partial charge in [-0.3, -0.25) is 4.79 Å². The van der Waals surface area contributed by atoms with Crippen LogP contribution in [0.5, 0.6) is 0 Å². The molecule has 8 rings (SSSR count). The van der Waals surface area contributed by atoms with Gasteiger partial charge in [0.05, 0.1) is 11.7 Å². The maximum atomic E-state index is 15.5. The van der Waals surface area contributed by atoms with Crippen LogP contribution in [-0.4, -0.2) is 30.5 Å². The van der Waals surface area contributed by atoms with E-state index in [4.69, 9.17) is 11.6 Å². The molecule has 1 fully saturated rings. The van der Waals surface area contributed by atoms with Crippen molar-refractivity contribution in [1.82, 2.24) is 24.8 Å². The quantitative estimate of drug-likeness (QED) is 0.196. The van der Waals surface area contributed by atoms with Crippen LogP contribution < -0.4 is 5.56 Å². The second-order valence-electron chi connectivity index (χ2n) is 11.9. The van der Waals surface area contributed by atoms with E-state index in [1.54, 1.807) is 16.8 Å². The van der Waals surface area contributed by atoms with Gasteiger partial charge in [-0.1, -0.05) is 48.9 Å². The Kier molecular flexibility index (Phi) is 5.73. The number of benzene rings is 2. The van der Waals surface area contributed by atoms with Gasteiger partial charge in [-0.05, 0) is 94.5 Å².